The van der Waals surface area contributed by atoms with Crippen molar-refractivity contribution in [3.05, 3.63) is 24.4 Å². The molecule has 0 saturated carbocycles. The van der Waals surface area contributed by atoms with E-state index in [-0.39, 0.29) is 10.9 Å². The van der Waals surface area contributed by atoms with Gasteiger partial charge in [-0.1, -0.05) is 19.8 Å². The van der Waals surface area contributed by atoms with Crippen molar-refractivity contribution < 1.29 is 8.42 Å². The summed E-state index contributed by atoms with van der Waals surface area (Å²) in [5.74, 6) is 0. The molecule has 2 rings (SSSR count). The fraction of sp³-hybridized carbons (Fsp3) is 0.429. The molecule has 1 heterocycles. The minimum atomic E-state index is -3.53. The fourth-order valence-corrected chi connectivity index (χ4v) is 3.68. The summed E-state index contributed by atoms with van der Waals surface area (Å²) in [4.78, 5) is 3.22. The van der Waals surface area contributed by atoms with Crippen LogP contribution in [-0.2, 0) is 10.0 Å². The van der Waals surface area contributed by atoms with E-state index in [1.54, 1.807) is 18.2 Å². The number of rotatable bonds is 6. The molecule has 110 valence electrons. The van der Waals surface area contributed by atoms with Gasteiger partial charge in [-0.2, -0.15) is 0 Å². The first-order valence-electron chi connectivity index (χ1n) is 6.83. The molecule has 0 saturated heterocycles. The Bertz CT molecular complexity index is 692. The minimum Gasteiger partial charge on any atom is -0.399 e. The molecule has 0 aliphatic heterocycles. The van der Waals surface area contributed by atoms with Crippen molar-refractivity contribution >= 4 is 26.6 Å². The third-order valence-corrected chi connectivity index (χ3v) is 4.93. The molecule has 0 amide bonds. The molecule has 1 unspecified atom stereocenters. The summed E-state index contributed by atoms with van der Waals surface area (Å²) in [6.07, 6.45) is 4.40. The molecule has 0 aliphatic rings. The van der Waals surface area contributed by atoms with E-state index >= 15 is 0 Å². The van der Waals surface area contributed by atoms with Gasteiger partial charge in [-0.3, -0.25) is 0 Å². The van der Waals surface area contributed by atoms with Crippen LogP contribution >= 0.6 is 0 Å². The highest BCUT2D eigenvalue weighted by Crippen LogP contribution is 2.25. The first-order chi connectivity index (χ1) is 9.44. The molecule has 0 fully saturated rings. The van der Waals surface area contributed by atoms with Crippen LogP contribution in [0.15, 0.2) is 29.3 Å². The highest BCUT2D eigenvalue weighted by atomic mass is 32.2. The van der Waals surface area contributed by atoms with Gasteiger partial charge in [0.15, 0.2) is 0 Å². The lowest BCUT2D eigenvalue weighted by atomic mass is 10.2. The fourth-order valence-electron chi connectivity index (χ4n) is 2.23. The molecule has 0 spiro atoms. The third kappa shape index (κ3) is 3.13. The Balaban J connectivity index is 2.30. The summed E-state index contributed by atoms with van der Waals surface area (Å²) in [5.41, 5.74) is 7.05. The second-order valence-electron chi connectivity index (χ2n) is 5.12. The quantitative estimate of drug-likeness (QED) is 0.716. The van der Waals surface area contributed by atoms with Crippen LogP contribution < -0.4 is 10.5 Å². The zero-order valence-electron chi connectivity index (χ0n) is 11.8. The zero-order chi connectivity index (χ0) is 14.8. The van der Waals surface area contributed by atoms with Gasteiger partial charge in [0.05, 0.1) is 0 Å². The molecule has 1 atom stereocenters. The smallest absolute Gasteiger partial charge is 0.242 e. The van der Waals surface area contributed by atoms with E-state index < -0.39 is 10.0 Å². The number of nitrogens with two attached hydrogens (primary N) is 1. The number of fused-ring (bicyclic) bond motifs is 1. The van der Waals surface area contributed by atoms with Crippen molar-refractivity contribution in [3.63, 3.8) is 0 Å². The molecular formula is C14H21N3O2S. The summed E-state index contributed by atoms with van der Waals surface area (Å²) in [5, 5.41) is 0.625. The lowest BCUT2D eigenvalue weighted by Crippen LogP contribution is -2.32. The van der Waals surface area contributed by atoms with Crippen molar-refractivity contribution in [1.82, 2.24) is 9.71 Å². The Hall–Kier alpha value is -1.53. The maximum atomic E-state index is 12.4. The second kappa shape index (κ2) is 5.85. The van der Waals surface area contributed by atoms with Crippen LogP contribution in [0.3, 0.4) is 0 Å². The molecule has 20 heavy (non-hydrogen) atoms. The van der Waals surface area contributed by atoms with E-state index in [1.165, 1.54) is 6.20 Å². The number of H-pyrrole nitrogens is 1. The molecule has 0 aliphatic carbocycles. The number of nitrogen functional groups attached to an aromatic ring is 1. The van der Waals surface area contributed by atoms with Crippen molar-refractivity contribution in [2.45, 2.75) is 44.0 Å². The normalized spacial score (nSPS) is 13.7. The van der Waals surface area contributed by atoms with E-state index in [1.807, 2.05) is 6.92 Å². The SMILES string of the molecule is CCCCC(C)NS(=O)(=O)c1c[nH]c2ccc(N)cc12. The standard InChI is InChI=1S/C14H21N3O2S/c1-3-4-5-10(2)17-20(18,19)14-9-16-13-7-6-11(15)8-12(13)14/h6-10,16-17H,3-5,15H2,1-2H3. The van der Waals surface area contributed by atoms with Crippen molar-refractivity contribution in [2.75, 3.05) is 5.73 Å². The van der Waals surface area contributed by atoms with Gasteiger partial charge >= 0.3 is 0 Å². The predicted molar refractivity (Wildman–Crippen MR) is 82.0 cm³/mol. The Labute approximate surface area is 119 Å². The van der Waals surface area contributed by atoms with Gasteiger partial charge in [-0.15, -0.1) is 0 Å². The van der Waals surface area contributed by atoms with E-state index in [0.29, 0.717) is 11.1 Å². The van der Waals surface area contributed by atoms with Crippen LogP contribution in [0.4, 0.5) is 5.69 Å². The Kier molecular flexibility index (Phi) is 4.35. The van der Waals surface area contributed by atoms with Gasteiger partial charge in [0, 0.05) is 28.8 Å². The zero-order valence-corrected chi connectivity index (χ0v) is 12.6. The summed E-state index contributed by atoms with van der Waals surface area (Å²) in [6.45, 7) is 3.97. The molecule has 1 aromatic heterocycles. The highest BCUT2D eigenvalue weighted by molar-refractivity contribution is 7.89. The largest absolute Gasteiger partial charge is 0.399 e. The molecule has 2 aromatic rings. The molecule has 6 heteroatoms. The summed E-state index contributed by atoms with van der Waals surface area (Å²) < 4.78 is 27.6. The molecule has 4 N–H and O–H groups in total. The number of aromatic nitrogens is 1. The van der Waals surface area contributed by atoms with Gasteiger partial charge in [-0.05, 0) is 31.5 Å². The van der Waals surface area contributed by atoms with E-state index in [4.69, 9.17) is 5.73 Å². The maximum absolute atomic E-state index is 12.4. The van der Waals surface area contributed by atoms with Crippen LogP contribution in [0.25, 0.3) is 10.9 Å². The molecule has 0 bridgehead atoms. The Morgan fingerprint density at radius 3 is 2.85 bits per heavy atom. The summed E-state index contributed by atoms with van der Waals surface area (Å²) >= 11 is 0. The van der Waals surface area contributed by atoms with Crippen LogP contribution in [0.5, 0.6) is 0 Å². The van der Waals surface area contributed by atoms with E-state index in [9.17, 15) is 8.42 Å². The van der Waals surface area contributed by atoms with Crippen molar-refractivity contribution in [1.29, 1.82) is 0 Å². The van der Waals surface area contributed by atoms with Gasteiger partial charge in [-0.25, -0.2) is 13.1 Å². The summed E-state index contributed by atoms with van der Waals surface area (Å²) in [6, 6.07) is 5.12. The van der Waals surface area contributed by atoms with Crippen molar-refractivity contribution in [3.8, 4) is 0 Å². The van der Waals surface area contributed by atoms with Crippen molar-refractivity contribution in [2.24, 2.45) is 0 Å². The lowest BCUT2D eigenvalue weighted by molar-refractivity contribution is 0.535. The van der Waals surface area contributed by atoms with Gasteiger partial charge < -0.3 is 10.7 Å². The number of unbranched alkanes of at least 4 members (excludes halogenated alkanes) is 1. The van der Waals surface area contributed by atoms with Gasteiger partial charge in [0.2, 0.25) is 10.0 Å². The number of hydrogen-bond donors (Lipinski definition) is 3. The topological polar surface area (TPSA) is 88.0 Å². The maximum Gasteiger partial charge on any atom is 0.242 e. The molecule has 1 aromatic carbocycles. The minimum absolute atomic E-state index is 0.0778. The Morgan fingerprint density at radius 2 is 2.15 bits per heavy atom. The first kappa shape index (κ1) is 14.9. The molecule has 5 nitrogen and oxygen atoms in total. The van der Waals surface area contributed by atoms with Crippen LogP contribution in [0.1, 0.15) is 33.1 Å². The molecular weight excluding hydrogens is 274 g/mol. The number of sulfonamides is 1. The van der Waals surface area contributed by atoms with Crippen LogP contribution in [0.2, 0.25) is 0 Å². The second-order valence-corrected chi connectivity index (χ2v) is 6.80. The average molecular weight is 295 g/mol. The number of anilines is 1. The lowest BCUT2D eigenvalue weighted by Gasteiger charge is -2.13. The average Bonchev–Trinajstić information content (AvgIpc) is 2.79. The number of nitrogens with one attached hydrogen (secondary N) is 2. The number of hydrogen-bond acceptors (Lipinski definition) is 3. The Morgan fingerprint density at radius 1 is 1.40 bits per heavy atom. The number of benzene rings is 1. The van der Waals surface area contributed by atoms with Gasteiger partial charge in [0.25, 0.3) is 0 Å². The first-order valence-corrected chi connectivity index (χ1v) is 8.31. The van der Waals surface area contributed by atoms with E-state index in [2.05, 4.69) is 16.6 Å². The van der Waals surface area contributed by atoms with E-state index in [0.717, 1.165) is 24.8 Å². The van der Waals surface area contributed by atoms with Crippen LogP contribution in [-0.4, -0.2) is 19.4 Å². The third-order valence-electron chi connectivity index (χ3n) is 3.30. The summed E-state index contributed by atoms with van der Waals surface area (Å²) in [7, 11) is -3.53. The predicted octanol–water partition coefficient (Wildman–Crippen LogP) is 2.61. The van der Waals surface area contributed by atoms with Gasteiger partial charge in [0.1, 0.15) is 4.90 Å². The highest BCUT2D eigenvalue weighted by Gasteiger charge is 2.21. The molecule has 0 radical (unpaired) electrons. The monoisotopic (exact) mass is 295 g/mol. The number of aromatic amines is 1. The van der Waals surface area contributed by atoms with Crippen LogP contribution in [0, 0.1) is 0 Å².